The molecule has 1 aromatic rings. The molecular formula is C17H26N2O3. The molecule has 1 amide bonds. The van der Waals surface area contributed by atoms with E-state index < -0.39 is 11.7 Å². The van der Waals surface area contributed by atoms with Crippen LogP contribution < -0.4 is 10.1 Å². The molecule has 2 unspecified atom stereocenters. The molecule has 1 aliphatic rings. The fraction of sp³-hybridized carbons (Fsp3) is 0.588. The van der Waals surface area contributed by atoms with E-state index in [1.54, 1.807) is 12.1 Å². The topological polar surface area (TPSA) is 61.8 Å². The summed E-state index contributed by atoms with van der Waals surface area (Å²) in [5.41, 5.74) is -0.0228. The maximum absolute atomic E-state index is 11.4. The molecule has 2 N–H and O–H groups in total. The smallest absolute Gasteiger partial charge is 0.410 e. The van der Waals surface area contributed by atoms with E-state index in [9.17, 15) is 9.90 Å². The number of ether oxygens (including phenoxy) is 1. The van der Waals surface area contributed by atoms with E-state index in [0.717, 1.165) is 37.8 Å². The Morgan fingerprint density at radius 1 is 1.45 bits per heavy atom. The van der Waals surface area contributed by atoms with Crippen LogP contribution in [0.5, 0.6) is 5.75 Å². The quantitative estimate of drug-likeness (QED) is 0.896. The van der Waals surface area contributed by atoms with E-state index in [1.165, 1.54) is 7.05 Å². The Bertz CT molecular complexity index is 518. The van der Waals surface area contributed by atoms with Crippen LogP contribution in [0.2, 0.25) is 0 Å². The highest BCUT2D eigenvalue weighted by Gasteiger charge is 2.40. The summed E-state index contributed by atoms with van der Waals surface area (Å²) in [7, 11) is 5.58. The average Bonchev–Trinajstić information content (AvgIpc) is 2.49. The molecule has 0 aromatic heterocycles. The number of amides is 1. The largest absolute Gasteiger partial charge is 0.412 e. The van der Waals surface area contributed by atoms with Crippen molar-refractivity contribution in [2.45, 2.75) is 31.3 Å². The molecule has 5 heteroatoms. The zero-order valence-corrected chi connectivity index (χ0v) is 13.6. The summed E-state index contributed by atoms with van der Waals surface area (Å²) in [5.74, 6) is 0.644. The Morgan fingerprint density at radius 2 is 2.23 bits per heavy atom. The number of aliphatic hydroxyl groups is 1. The predicted octanol–water partition coefficient (Wildman–Crippen LogP) is 2.34. The molecule has 0 spiro atoms. The van der Waals surface area contributed by atoms with E-state index >= 15 is 0 Å². The first-order valence-electron chi connectivity index (χ1n) is 7.83. The summed E-state index contributed by atoms with van der Waals surface area (Å²) < 4.78 is 5.18. The lowest BCUT2D eigenvalue weighted by Gasteiger charge is -2.41. The molecule has 122 valence electrons. The monoisotopic (exact) mass is 306 g/mol. The van der Waals surface area contributed by atoms with Gasteiger partial charge in [-0.2, -0.15) is 0 Å². The molecule has 0 bridgehead atoms. The van der Waals surface area contributed by atoms with Crippen LogP contribution in [0.3, 0.4) is 0 Å². The van der Waals surface area contributed by atoms with Crippen LogP contribution in [0.25, 0.3) is 0 Å². The lowest BCUT2D eigenvalue weighted by atomic mass is 9.71. The van der Waals surface area contributed by atoms with Gasteiger partial charge in [-0.25, -0.2) is 4.79 Å². The van der Waals surface area contributed by atoms with Gasteiger partial charge in [0.05, 0.1) is 5.60 Å². The molecule has 1 saturated carbocycles. The van der Waals surface area contributed by atoms with E-state index in [-0.39, 0.29) is 5.92 Å². The Kier molecular flexibility index (Phi) is 5.42. The van der Waals surface area contributed by atoms with Crippen molar-refractivity contribution in [2.75, 3.05) is 27.7 Å². The molecule has 1 aliphatic carbocycles. The summed E-state index contributed by atoms with van der Waals surface area (Å²) >= 11 is 0. The Balaban J connectivity index is 2.26. The minimum absolute atomic E-state index is 0.187. The highest BCUT2D eigenvalue weighted by atomic mass is 16.5. The van der Waals surface area contributed by atoms with Crippen LogP contribution in [0, 0.1) is 5.92 Å². The molecule has 0 heterocycles. The Morgan fingerprint density at radius 3 is 2.91 bits per heavy atom. The third kappa shape index (κ3) is 3.78. The van der Waals surface area contributed by atoms with E-state index in [1.807, 2.05) is 26.2 Å². The van der Waals surface area contributed by atoms with Crippen LogP contribution >= 0.6 is 0 Å². The molecular weight excluding hydrogens is 280 g/mol. The van der Waals surface area contributed by atoms with Crippen molar-refractivity contribution < 1.29 is 14.6 Å². The first-order valence-corrected chi connectivity index (χ1v) is 7.83. The highest BCUT2D eigenvalue weighted by Crippen LogP contribution is 2.42. The maximum Gasteiger partial charge on any atom is 0.412 e. The SMILES string of the molecule is CNC(=O)Oc1cccc(C2(O)CCCCC2CN(C)C)c1. The van der Waals surface area contributed by atoms with E-state index in [0.29, 0.717) is 5.75 Å². The van der Waals surface area contributed by atoms with Gasteiger partial charge in [0.15, 0.2) is 0 Å². The second kappa shape index (κ2) is 7.11. The van der Waals surface area contributed by atoms with Crippen LogP contribution in [0.4, 0.5) is 4.79 Å². The van der Waals surface area contributed by atoms with Gasteiger partial charge in [-0.1, -0.05) is 25.0 Å². The second-order valence-electron chi connectivity index (χ2n) is 6.30. The van der Waals surface area contributed by atoms with Crippen LogP contribution in [-0.2, 0) is 5.60 Å². The molecule has 5 nitrogen and oxygen atoms in total. The summed E-state index contributed by atoms with van der Waals surface area (Å²) in [6.07, 6.45) is 3.41. The summed E-state index contributed by atoms with van der Waals surface area (Å²) in [5, 5.41) is 13.7. The molecule has 2 rings (SSSR count). The first-order chi connectivity index (χ1) is 10.5. The van der Waals surface area contributed by atoms with Crippen molar-refractivity contribution in [3.8, 4) is 5.75 Å². The molecule has 1 fully saturated rings. The summed E-state index contributed by atoms with van der Waals surface area (Å²) in [4.78, 5) is 13.5. The van der Waals surface area contributed by atoms with Gasteiger partial charge in [0.1, 0.15) is 5.75 Å². The minimum Gasteiger partial charge on any atom is -0.410 e. The van der Waals surface area contributed by atoms with Crippen LogP contribution in [0.15, 0.2) is 24.3 Å². The van der Waals surface area contributed by atoms with Crippen molar-refractivity contribution >= 4 is 6.09 Å². The van der Waals surface area contributed by atoms with Gasteiger partial charge >= 0.3 is 6.09 Å². The predicted molar refractivity (Wildman–Crippen MR) is 85.9 cm³/mol. The van der Waals surface area contributed by atoms with Crippen molar-refractivity contribution in [1.82, 2.24) is 10.2 Å². The Labute approximate surface area is 132 Å². The molecule has 22 heavy (non-hydrogen) atoms. The third-order valence-electron chi connectivity index (χ3n) is 4.37. The number of hydrogen-bond acceptors (Lipinski definition) is 4. The molecule has 0 radical (unpaired) electrons. The number of benzene rings is 1. The number of nitrogens with one attached hydrogen (secondary N) is 1. The van der Waals surface area contributed by atoms with Gasteiger partial charge in [-0.05, 0) is 44.6 Å². The van der Waals surface area contributed by atoms with Gasteiger partial charge in [-0.3, -0.25) is 0 Å². The van der Waals surface area contributed by atoms with Crippen LogP contribution in [0.1, 0.15) is 31.2 Å². The molecule has 0 aliphatic heterocycles. The lowest BCUT2D eigenvalue weighted by molar-refractivity contribution is -0.0619. The van der Waals surface area contributed by atoms with Gasteiger partial charge < -0.3 is 20.1 Å². The van der Waals surface area contributed by atoms with Crippen molar-refractivity contribution in [1.29, 1.82) is 0 Å². The number of carbonyl (C=O) groups excluding carboxylic acids is 1. The van der Waals surface area contributed by atoms with Crippen LogP contribution in [-0.4, -0.2) is 43.8 Å². The third-order valence-corrected chi connectivity index (χ3v) is 4.37. The van der Waals surface area contributed by atoms with E-state index in [4.69, 9.17) is 4.74 Å². The summed E-state index contributed by atoms with van der Waals surface area (Å²) in [6, 6.07) is 7.26. The van der Waals surface area contributed by atoms with Gasteiger partial charge in [-0.15, -0.1) is 0 Å². The van der Waals surface area contributed by atoms with Gasteiger partial charge in [0, 0.05) is 19.5 Å². The fourth-order valence-corrected chi connectivity index (χ4v) is 3.28. The van der Waals surface area contributed by atoms with Gasteiger partial charge in [0.25, 0.3) is 0 Å². The lowest BCUT2D eigenvalue weighted by Crippen LogP contribution is -2.43. The zero-order chi connectivity index (χ0) is 16.2. The Hall–Kier alpha value is -1.59. The molecule has 0 saturated heterocycles. The van der Waals surface area contributed by atoms with Crippen molar-refractivity contribution in [3.05, 3.63) is 29.8 Å². The average molecular weight is 306 g/mol. The second-order valence-corrected chi connectivity index (χ2v) is 6.30. The number of hydrogen-bond donors (Lipinski definition) is 2. The summed E-state index contributed by atoms with van der Waals surface area (Å²) in [6.45, 7) is 0.844. The highest BCUT2D eigenvalue weighted by molar-refractivity contribution is 5.69. The zero-order valence-electron chi connectivity index (χ0n) is 13.6. The van der Waals surface area contributed by atoms with Crippen molar-refractivity contribution in [2.24, 2.45) is 5.92 Å². The first kappa shape index (κ1) is 16.8. The van der Waals surface area contributed by atoms with E-state index in [2.05, 4.69) is 10.2 Å². The van der Waals surface area contributed by atoms with Crippen molar-refractivity contribution in [3.63, 3.8) is 0 Å². The molecule has 1 aromatic carbocycles. The molecule has 2 atom stereocenters. The fourth-order valence-electron chi connectivity index (χ4n) is 3.28. The minimum atomic E-state index is -0.857. The normalized spacial score (nSPS) is 25.0. The number of rotatable bonds is 4. The number of carbonyl (C=O) groups is 1. The standard InChI is InChI=1S/C17H26N2O3/c1-18-16(20)22-15-9-6-8-13(11-15)17(21)10-5-4-7-14(17)12-19(2)3/h6,8-9,11,14,21H,4-5,7,10,12H2,1-3H3,(H,18,20). The number of nitrogens with zero attached hydrogens (tertiary/aromatic N) is 1. The van der Waals surface area contributed by atoms with Gasteiger partial charge in [0.2, 0.25) is 0 Å². The maximum atomic E-state index is 11.4.